The fraction of sp³-hybridized carbons (Fsp3) is 0.433. The monoisotopic (exact) mass is 429 g/mol. The van der Waals surface area contributed by atoms with Crippen molar-refractivity contribution in [3.05, 3.63) is 72.6 Å². The number of nitrogens with zero attached hydrogens (tertiary/aromatic N) is 1. The molecule has 0 atom stereocenters. The second-order valence-corrected chi connectivity index (χ2v) is 8.71. The third-order valence-electron chi connectivity index (χ3n) is 6.03. The van der Waals surface area contributed by atoms with Gasteiger partial charge in [-0.3, -0.25) is 4.98 Å². The summed E-state index contributed by atoms with van der Waals surface area (Å²) in [6.07, 6.45) is 14.6. The Morgan fingerprint density at radius 2 is 1.09 bits per heavy atom. The van der Waals surface area contributed by atoms with Gasteiger partial charge in [0, 0.05) is 17.5 Å². The molecule has 170 valence electrons. The first-order chi connectivity index (χ1) is 15.8. The van der Waals surface area contributed by atoms with E-state index in [0.717, 1.165) is 25.2 Å². The molecular weight excluding hydrogens is 390 g/mol. The van der Waals surface area contributed by atoms with Crippen molar-refractivity contribution in [2.75, 3.05) is 6.61 Å². The fourth-order valence-corrected chi connectivity index (χ4v) is 3.97. The summed E-state index contributed by atoms with van der Waals surface area (Å²) in [7, 11) is 0. The van der Waals surface area contributed by atoms with Crippen molar-refractivity contribution in [1.29, 1.82) is 0 Å². The Kier molecular flexibility index (Phi) is 10.3. The van der Waals surface area contributed by atoms with Gasteiger partial charge in [0.1, 0.15) is 5.75 Å². The highest BCUT2D eigenvalue weighted by atomic mass is 16.5. The van der Waals surface area contributed by atoms with E-state index in [1.807, 2.05) is 6.20 Å². The van der Waals surface area contributed by atoms with Crippen LogP contribution in [0.3, 0.4) is 0 Å². The number of unbranched alkanes of at least 4 members (excludes halogenated alkanes) is 7. The van der Waals surface area contributed by atoms with Crippen molar-refractivity contribution in [2.24, 2.45) is 0 Å². The van der Waals surface area contributed by atoms with Crippen LogP contribution >= 0.6 is 0 Å². The van der Waals surface area contributed by atoms with Crippen LogP contribution in [0.2, 0.25) is 0 Å². The first-order valence-corrected chi connectivity index (χ1v) is 12.6. The van der Waals surface area contributed by atoms with Gasteiger partial charge in [-0.25, -0.2) is 0 Å². The second kappa shape index (κ2) is 13.7. The van der Waals surface area contributed by atoms with Crippen LogP contribution in [0, 0.1) is 0 Å². The molecule has 0 aliphatic carbocycles. The average molecular weight is 430 g/mol. The minimum Gasteiger partial charge on any atom is -0.494 e. The highest BCUT2D eigenvalue weighted by Crippen LogP contribution is 2.26. The molecule has 0 unspecified atom stereocenters. The first-order valence-electron chi connectivity index (χ1n) is 12.6. The van der Waals surface area contributed by atoms with Gasteiger partial charge in [-0.05, 0) is 54.2 Å². The molecule has 1 heterocycles. The van der Waals surface area contributed by atoms with Crippen molar-refractivity contribution in [3.8, 4) is 28.0 Å². The van der Waals surface area contributed by atoms with Gasteiger partial charge in [0.25, 0.3) is 0 Å². The lowest BCUT2D eigenvalue weighted by atomic mass is 10.0. The Bertz CT molecular complexity index is 882. The zero-order chi connectivity index (χ0) is 22.4. The number of aryl methyl sites for hydroxylation is 1. The first kappa shape index (κ1) is 24.0. The predicted octanol–water partition coefficient (Wildman–Crippen LogP) is 8.89. The molecule has 0 aliphatic heterocycles. The Morgan fingerprint density at radius 3 is 1.72 bits per heavy atom. The second-order valence-electron chi connectivity index (χ2n) is 8.71. The number of hydrogen-bond donors (Lipinski definition) is 0. The molecule has 0 bridgehead atoms. The van der Waals surface area contributed by atoms with Crippen LogP contribution in [-0.4, -0.2) is 11.6 Å². The highest BCUT2D eigenvalue weighted by Gasteiger charge is 2.03. The lowest BCUT2D eigenvalue weighted by Gasteiger charge is -2.08. The molecule has 0 radical (unpaired) electrons. The van der Waals surface area contributed by atoms with E-state index >= 15 is 0 Å². The molecule has 0 N–H and O–H groups in total. The van der Waals surface area contributed by atoms with Gasteiger partial charge < -0.3 is 4.74 Å². The minimum atomic E-state index is 0.799. The highest BCUT2D eigenvalue weighted by molar-refractivity contribution is 5.70. The maximum Gasteiger partial charge on any atom is 0.119 e. The summed E-state index contributed by atoms with van der Waals surface area (Å²) in [4.78, 5) is 4.70. The number of rotatable bonds is 14. The van der Waals surface area contributed by atoms with Crippen molar-refractivity contribution in [1.82, 2.24) is 4.98 Å². The number of aromatic nitrogens is 1. The Labute approximate surface area is 195 Å². The molecule has 0 amide bonds. The van der Waals surface area contributed by atoms with Crippen molar-refractivity contribution < 1.29 is 4.74 Å². The standard InChI is InChI=1S/C30H39NO/c1-3-5-7-8-9-10-12-29-20-17-28(24-31-29)27-15-13-25(14-16-27)26-18-21-30(22-19-26)32-23-11-6-4-2/h13-22,24H,3-12,23H2,1-2H3. The largest absolute Gasteiger partial charge is 0.494 e. The summed E-state index contributed by atoms with van der Waals surface area (Å²) in [6, 6.07) is 21.6. The molecule has 1 aromatic heterocycles. The molecule has 3 rings (SSSR count). The van der Waals surface area contributed by atoms with Crippen LogP contribution in [0.15, 0.2) is 66.9 Å². The Morgan fingerprint density at radius 1 is 0.562 bits per heavy atom. The van der Waals surface area contributed by atoms with E-state index in [9.17, 15) is 0 Å². The number of pyridine rings is 1. The zero-order valence-corrected chi connectivity index (χ0v) is 20.0. The third-order valence-corrected chi connectivity index (χ3v) is 6.03. The van der Waals surface area contributed by atoms with E-state index in [0.29, 0.717) is 0 Å². The molecule has 3 aromatic rings. The van der Waals surface area contributed by atoms with E-state index < -0.39 is 0 Å². The van der Waals surface area contributed by atoms with Crippen LogP contribution in [-0.2, 0) is 6.42 Å². The van der Waals surface area contributed by atoms with Gasteiger partial charge in [-0.1, -0.05) is 101 Å². The van der Waals surface area contributed by atoms with Crippen molar-refractivity contribution in [3.63, 3.8) is 0 Å². The van der Waals surface area contributed by atoms with E-state index in [4.69, 9.17) is 9.72 Å². The summed E-state index contributed by atoms with van der Waals surface area (Å²) in [5, 5.41) is 0. The summed E-state index contributed by atoms with van der Waals surface area (Å²) < 4.78 is 5.82. The van der Waals surface area contributed by atoms with E-state index in [-0.39, 0.29) is 0 Å². The number of benzene rings is 2. The normalized spacial score (nSPS) is 10.9. The molecule has 0 fully saturated rings. The maximum absolute atomic E-state index is 5.82. The summed E-state index contributed by atoms with van der Waals surface area (Å²) in [6.45, 7) is 5.28. The predicted molar refractivity (Wildman–Crippen MR) is 137 cm³/mol. The molecule has 0 aliphatic rings. The van der Waals surface area contributed by atoms with Crippen LogP contribution in [0.4, 0.5) is 0 Å². The molecule has 32 heavy (non-hydrogen) atoms. The molecule has 0 spiro atoms. The van der Waals surface area contributed by atoms with Gasteiger partial charge in [-0.2, -0.15) is 0 Å². The zero-order valence-electron chi connectivity index (χ0n) is 20.0. The smallest absolute Gasteiger partial charge is 0.119 e. The topological polar surface area (TPSA) is 22.1 Å². The number of ether oxygens (including phenoxy) is 1. The lowest BCUT2D eigenvalue weighted by Crippen LogP contribution is -1.96. The van der Waals surface area contributed by atoms with Gasteiger partial charge >= 0.3 is 0 Å². The van der Waals surface area contributed by atoms with Crippen LogP contribution in [0.25, 0.3) is 22.3 Å². The van der Waals surface area contributed by atoms with Crippen LogP contribution in [0.1, 0.15) is 77.3 Å². The molecular formula is C30H39NO. The summed E-state index contributed by atoms with van der Waals surface area (Å²) >= 11 is 0. The fourth-order valence-electron chi connectivity index (χ4n) is 3.97. The van der Waals surface area contributed by atoms with Gasteiger partial charge in [0.15, 0.2) is 0 Å². The van der Waals surface area contributed by atoms with Crippen LogP contribution in [0.5, 0.6) is 5.75 Å². The quantitative estimate of drug-likeness (QED) is 0.239. The van der Waals surface area contributed by atoms with E-state index in [1.54, 1.807) is 0 Å². The SMILES string of the molecule is CCCCCCCCc1ccc(-c2ccc(-c3ccc(OCCCCC)cc3)cc2)cn1. The molecule has 2 nitrogen and oxygen atoms in total. The van der Waals surface area contributed by atoms with E-state index in [2.05, 4.69) is 74.5 Å². The average Bonchev–Trinajstić information content (AvgIpc) is 2.85. The van der Waals surface area contributed by atoms with Crippen molar-refractivity contribution in [2.45, 2.75) is 78.1 Å². The maximum atomic E-state index is 5.82. The molecule has 2 heteroatoms. The van der Waals surface area contributed by atoms with Crippen molar-refractivity contribution >= 4 is 0 Å². The third kappa shape index (κ3) is 7.82. The number of hydrogen-bond acceptors (Lipinski definition) is 2. The van der Waals surface area contributed by atoms with Gasteiger partial charge in [0.2, 0.25) is 0 Å². The van der Waals surface area contributed by atoms with E-state index in [1.165, 1.54) is 79.3 Å². The van der Waals surface area contributed by atoms with Gasteiger partial charge in [0.05, 0.1) is 6.61 Å². The van der Waals surface area contributed by atoms with Crippen LogP contribution < -0.4 is 4.74 Å². The lowest BCUT2D eigenvalue weighted by molar-refractivity contribution is 0.306. The Balaban J connectivity index is 1.50. The molecule has 0 saturated heterocycles. The summed E-state index contributed by atoms with van der Waals surface area (Å²) in [5.74, 6) is 0.952. The Hall–Kier alpha value is -2.61. The van der Waals surface area contributed by atoms with Gasteiger partial charge in [-0.15, -0.1) is 0 Å². The minimum absolute atomic E-state index is 0.799. The summed E-state index contributed by atoms with van der Waals surface area (Å²) in [5.41, 5.74) is 6.03. The molecule has 0 saturated carbocycles. The molecule has 2 aromatic carbocycles.